The molecule has 0 bridgehead atoms. The SMILES string of the molecule is Cc1ccc2nc(-c3ccc(NC(=O)C=Cc4ccco4)cc3)oc2c1. The molecular formula is C21H16N2O3. The molecule has 2 aromatic carbocycles. The van der Waals surface area contributed by atoms with Crippen LogP contribution in [0.4, 0.5) is 5.69 Å². The van der Waals surface area contributed by atoms with E-state index in [1.54, 1.807) is 24.5 Å². The molecule has 1 amide bonds. The number of furan rings is 1. The van der Waals surface area contributed by atoms with Gasteiger partial charge in [-0.15, -0.1) is 0 Å². The van der Waals surface area contributed by atoms with Crippen molar-refractivity contribution in [1.82, 2.24) is 4.98 Å². The first kappa shape index (κ1) is 15.9. The summed E-state index contributed by atoms with van der Waals surface area (Å²) in [5, 5.41) is 2.80. The number of benzene rings is 2. The van der Waals surface area contributed by atoms with Crippen LogP contribution in [0.2, 0.25) is 0 Å². The molecule has 0 atom stereocenters. The third kappa shape index (κ3) is 3.42. The highest BCUT2D eigenvalue weighted by Crippen LogP contribution is 2.26. The molecule has 0 unspecified atom stereocenters. The first-order valence-corrected chi connectivity index (χ1v) is 8.17. The molecule has 5 nitrogen and oxygen atoms in total. The van der Waals surface area contributed by atoms with E-state index in [0.717, 1.165) is 22.2 Å². The summed E-state index contributed by atoms with van der Waals surface area (Å²) in [7, 11) is 0. The molecule has 1 N–H and O–H groups in total. The van der Waals surface area contributed by atoms with Gasteiger partial charge in [-0.05, 0) is 67.1 Å². The Morgan fingerprint density at radius 3 is 2.73 bits per heavy atom. The number of nitrogens with zero attached hydrogens (tertiary/aromatic N) is 1. The van der Waals surface area contributed by atoms with Crippen molar-refractivity contribution < 1.29 is 13.6 Å². The number of nitrogens with one attached hydrogen (secondary N) is 1. The Bertz CT molecular complexity index is 1070. The van der Waals surface area contributed by atoms with Crippen LogP contribution in [0.5, 0.6) is 0 Å². The molecule has 2 heterocycles. The average molecular weight is 344 g/mol. The zero-order chi connectivity index (χ0) is 17.9. The third-order valence-corrected chi connectivity index (χ3v) is 3.89. The van der Waals surface area contributed by atoms with E-state index in [0.29, 0.717) is 17.3 Å². The number of carbonyl (C=O) groups excluding carboxylic acids is 1. The summed E-state index contributed by atoms with van der Waals surface area (Å²) in [6.07, 6.45) is 4.60. The number of carbonyl (C=O) groups is 1. The van der Waals surface area contributed by atoms with E-state index in [4.69, 9.17) is 8.83 Å². The van der Waals surface area contributed by atoms with Crippen LogP contribution in [0, 0.1) is 6.92 Å². The molecule has 4 aromatic rings. The van der Waals surface area contributed by atoms with Crippen molar-refractivity contribution >= 4 is 28.8 Å². The first-order chi connectivity index (χ1) is 12.7. The summed E-state index contributed by atoms with van der Waals surface area (Å²) >= 11 is 0. The standard InChI is InChI=1S/C21H16N2O3/c1-14-4-10-18-19(13-14)26-21(23-18)15-5-7-16(8-6-15)22-20(24)11-9-17-3-2-12-25-17/h2-13H,1H3,(H,22,24). The minimum Gasteiger partial charge on any atom is -0.465 e. The van der Waals surface area contributed by atoms with E-state index in [2.05, 4.69) is 10.3 Å². The highest BCUT2D eigenvalue weighted by molar-refractivity contribution is 6.01. The molecule has 0 aliphatic heterocycles. The molecule has 128 valence electrons. The number of hydrogen-bond acceptors (Lipinski definition) is 4. The third-order valence-electron chi connectivity index (χ3n) is 3.89. The van der Waals surface area contributed by atoms with Gasteiger partial charge < -0.3 is 14.2 Å². The number of anilines is 1. The van der Waals surface area contributed by atoms with Crippen molar-refractivity contribution in [2.24, 2.45) is 0 Å². The Labute approximate surface area is 150 Å². The van der Waals surface area contributed by atoms with E-state index < -0.39 is 0 Å². The first-order valence-electron chi connectivity index (χ1n) is 8.17. The molecule has 0 spiro atoms. The number of rotatable bonds is 4. The number of amides is 1. The lowest BCUT2D eigenvalue weighted by molar-refractivity contribution is -0.111. The monoisotopic (exact) mass is 344 g/mol. The molecule has 0 saturated heterocycles. The van der Waals surface area contributed by atoms with Gasteiger partial charge in [0, 0.05) is 17.3 Å². The minimum atomic E-state index is -0.230. The van der Waals surface area contributed by atoms with Gasteiger partial charge in [-0.2, -0.15) is 0 Å². The van der Waals surface area contributed by atoms with Crippen LogP contribution in [0.25, 0.3) is 28.6 Å². The highest BCUT2D eigenvalue weighted by atomic mass is 16.3. The van der Waals surface area contributed by atoms with Gasteiger partial charge in [0.2, 0.25) is 11.8 Å². The summed E-state index contributed by atoms with van der Waals surface area (Å²) < 4.78 is 11.0. The molecule has 4 rings (SSSR count). The number of aromatic nitrogens is 1. The fourth-order valence-corrected chi connectivity index (χ4v) is 2.58. The number of fused-ring (bicyclic) bond motifs is 1. The summed E-state index contributed by atoms with van der Waals surface area (Å²) in [6, 6.07) is 16.8. The normalized spacial score (nSPS) is 11.3. The van der Waals surface area contributed by atoms with E-state index in [9.17, 15) is 4.79 Å². The number of hydrogen-bond donors (Lipinski definition) is 1. The lowest BCUT2D eigenvalue weighted by Gasteiger charge is -2.02. The molecular weight excluding hydrogens is 328 g/mol. The summed E-state index contributed by atoms with van der Waals surface area (Å²) in [6.45, 7) is 2.01. The predicted octanol–water partition coefficient (Wildman–Crippen LogP) is 5.05. The smallest absolute Gasteiger partial charge is 0.248 e. The maximum atomic E-state index is 11.9. The van der Waals surface area contributed by atoms with Crippen LogP contribution in [0.15, 0.2) is 75.8 Å². The van der Waals surface area contributed by atoms with Crippen molar-refractivity contribution in [2.75, 3.05) is 5.32 Å². The molecule has 0 radical (unpaired) electrons. The summed E-state index contributed by atoms with van der Waals surface area (Å²) in [5.41, 5.74) is 4.25. The van der Waals surface area contributed by atoms with Gasteiger partial charge in [0.05, 0.1) is 6.26 Å². The van der Waals surface area contributed by atoms with Gasteiger partial charge in [0.1, 0.15) is 11.3 Å². The molecule has 0 saturated carbocycles. The van der Waals surface area contributed by atoms with Crippen molar-refractivity contribution in [3.8, 4) is 11.5 Å². The maximum Gasteiger partial charge on any atom is 0.248 e. The van der Waals surface area contributed by atoms with Crippen LogP contribution in [-0.2, 0) is 4.79 Å². The van der Waals surface area contributed by atoms with E-state index in [1.165, 1.54) is 6.08 Å². The molecule has 2 aromatic heterocycles. The van der Waals surface area contributed by atoms with Crippen LogP contribution in [0.3, 0.4) is 0 Å². The Hall–Kier alpha value is -3.60. The Morgan fingerprint density at radius 2 is 1.96 bits per heavy atom. The Balaban J connectivity index is 1.48. The van der Waals surface area contributed by atoms with Crippen LogP contribution >= 0.6 is 0 Å². The molecule has 0 aliphatic rings. The largest absolute Gasteiger partial charge is 0.465 e. The Morgan fingerprint density at radius 1 is 1.12 bits per heavy atom. The minimum absolute atomic E-state index is 0.230. The lowest BCUT2D eigenvalue weighted by Crippen LogP contribution is -2.07. The van der Waals surface area contributed by atoms with Crippen molar-refractivity contribution in [3.05, 3.63) is 78.3 Å². The van der Waals surface area contributed by atoms with Gasteiger partial charge in [-0.25, -0.2) is 4.98 Å². The average Bonchev–Trinajstić information content (AvgIpc) is 3.29. The van der Waals surface area contributed by atoms with E-state index in [-0.39, 0.29) is 5.91 Å². The van der Waals surface area contributed by atoms with Gasteiger partial charge in [-0.3, -0.25) is 4.79 Å². The molecule has 5 heteroatoms. The van der Waals surface area contributed by atoms with E-state index in [1.807, 2.05) is 49.4 Å². The van der Waals surface area contributed by atoms with Crippen molar-refractivity contribution in [1.29, 1.82) is 0 Å². The van der Waals surface area contributed by atoms with Gasteiger partial charge >= 0.3 is 0 Å². The second-order valence-corrected chi connectivity index (χ2v) is 5.91. The van der Waals surface area contributed by atoms with E-state index >= 15 is 0 Å². The van der Waals surface area contributed by atoms with Gasteiger partial charge in [-0.1, -0.05) is 6.07 Å². The van der Waals surface area contributed by atoms with Crippen LogP contribution < -0.4 is 5.32 Å². The topological polar surface area (TPSA) is 68.3 Å². The lowest BCUT2D eigenvalue weighted by atomic mass is 10.2. The molecule has 0 aliphatic carbocycles. The number of aryl methyl sites for hydroxylation is 1. The highest BCUT2D eigenvalue weighted by Gasteiger charge is 2.08. The molecule has 0 fully saturated rings. The summed E-state index contributed by atoms with van der Waals surface area (Å²) in [5.74, 6) is 0.953. The molecule has 26 heavy (non-hydrogen) atoms. The summed E-state index contributed by atoms with van der Waals surface area (Å²) in [4.78, 5) is 16.4. The second-order valence-electron chi connectivity index (χ2n) is 5.91. The quantitative estimate of drug-likeness (QED) is 0.526. The van der Waals surface area contributed by atoms with Gasteiger partial charge in [0.15, 0.2) is 5.58 Å². The van der Waals surface area contributed by atoms with Gasteiger partial charge in [0.25, 0.3) is 0 Å². The van der Waals surface area contributed by atoms with Crippen molar-refractivity contribution in [2.45, 2.75) is 6.92 Å². The zero-order valence-corrected chi connectivity index (χ0v) is 14.1. The maximum absolute atomic E-state index is 11.9. The second kappa shape index (κ2) is 6.72. The number of oxazole rings is 1. The fourth-order valence-electron chi connectivity index (χ4n) is 2.58. The zero-order valence-electron chi connectivity index (χ0n) is 14.1. The Kier molecular flexibility index (Phi) is 4.11. The predicted molar refractivity (Wildman–Crippen MR) is 101 cm³/mol. The van der Waals surface area contributed by atoms with Crippen LogP contribution in [0.1, 0.15) is 11.3 Å². The van der Waals surface area contributed by atoms with Crippen molar-refractivity contribution in [3.63, 3.8) is 0 Å². The van der Waals surface area contributed by atoms with Crippen LogP contribution in [-0.4, -0.2) is 10.9 Å². The fraction of sp³-hybridized carbons (Fsp3) is 0.0476.